The molecule has 0 unspecified atom stereocenters. The lowest BCUT2D eigenvalue weighted by molar-refractivity contribution is -0.143. The van der Waals surface area contributed by atoms with Gasteiger partial charge in [0.2, 0.25) is 15.9 Å². The van der Waals surface area contributed by atoms with Crippen LogP contribution < -0.4 is 14.4 Å². The number of halogens is 1. The summed E-state index contributed by atoms with van der Waals surface area (Å²) in [6.07, 6.45) is 8.33. The van der Waals surface area contributed by atoms with E-state index in [0.29, 0.717) is 63.2 Å². The topological polar surface area (TPSA) is 125 Å². The van der Waals surface area contributed by atoms with E-state index in [1.165, 1.54) is 11.1 Å². The van der Waals surface area contributed by atoms with Gasteiger partial charge in [0.05, 0.1) is 42.8 Å². The van der Waals surface area contributed by atoms with Crippen LogP contribution in [0.1, 0.15) is 73.9 Å². The van der Waals surface area contributed by atoms with Gasteiger partial charge in [-0.1, -0.05) is 36.7 Å². The van der Waals surface area contributed by atoms with E-state index in [9.17, 15) is 23.1 Å². The molecule has 3 aliphatic heterocycles. The van der Waals surface area contributed by atoms with E-state index < -0.39 is 26.8 Å². The third kappa shape index (κ3) is 6.78. The second-order valence-electron chi connectivity index (χ2n) is 15.2. The summed E-state index contributed by atoms with van der Waals surface area (Å²) in [5, 5.41) is 12.3. The number of morpholine rings is 1. The zero-order valence-electron chi connectivity index (χ0n) is 28.9. The van der Waals surface area contributed by atoms with Crippen LogP contribution in [0.2, 0.25) is 5.02 Å². The molecule has 2 bridgehead atoms. The second kappa shape index (κ2) is 13.8. The number of hydrogen-bond acceptors (Lipinski definition) is 8. The fraction of sp³-hybridized carbons (Fsp3) is 0.579. The number of allylic oxidation sites excluding steroid dienone is 1. The highest BCUT2D eigenvalue weighted by molar-refractivity contribution is 7.90. The molecule has 6 atom stereocenters. The van der Waals surface area contributed by atoms with E-state index in [2.05, 4.69) is 21.8 Å². The number of fused-ring (bicyclic) bond motifs is 4. The highest BCUT2D eigenvalue weighted by atomic mass is 35.5. The molecule has 7 rings (SSSR count). The summed E-state index contributed by atoms with van der Waals surface area (Å²) in [6, 6.07) is 11.2. The molecule has 5 aliphatic rings. The fourth-order valence-electron chi connectivity index (χ4n) is 8.73. The number of ether oxygens (including phenoxy) is 2. The molecule has 12 heteroatoms. The Hall–Kier alpha value is -3.12. The van der Waals surface area contributed by atoms with Crippen LogP contribution in [0.4, 0.5) is 5.69 Å². The van der Waals surface area contributed by atoms with Crippen molar-refractivity contribution in [2.45, 2.75) is 75.1 Å². The van der Waals surface area contributed by atoms with E-state index in [4.69, 9.17) is 21.1 Å². The van der Waals surface area contributed by atoms with E-state index in [1.807, 2.05) is 19.1 Å². The number of anilines is 1. The summed E-state index contributed by atoms with van der Waals surface area (Å²) in [5.74, 6) is -0.660. The van der Waals surface area contributed by atoms with E-state index in [1.54, 1.807) is 36.1 Å². The van der Waals surface area contributed by atoms with Crippen LogP contribution in [0, 0.1) is 17.8 Å². The summed E-state index contributed by atoms with van der Waals surface area (Å²) in [4.78, 5) is 31.2. The summed E-state index contributed by atoms with van der Waals surface area (Å²) >= 11 is 6.44. The van der Waals surface area contributed by atoms with E-state index in [-0.39, 0.29) is 41.1 Å². The number of nitrogens with zero attached hydrogens (tertiary/aromatic N) is 2. The molecule has 1 spiro atoms. The Morgan fingerprint density at radius 3 is 2.68 bits per heavy atom. The largest absolute Gasteiger partial charge is 0.490 e. The predicted molar refractivity (Wildman–Crippen MR) is 192 cm³/mol. The number of sulfonamides is 1. The van der Waals surface area contributed by atoms with Crippen molar-refractivity contribution in [3.05, 3.63) is 70.3 Å². The van der Waals surface area contributed by atoms with Crippen molar-refractivity contribution in [3.8, 4) is 5.75 Å². The van der Waals surface area contributed by atoms with Gasteiger partial charge in [-0.25, -0.2) is 13.1 Å². The van der Waals surface area contributed by atoms with Gasteiger partial charge in [-0.05, 0) is 105 Å². The van der Waals surface area contributed by atoms with Crippen molar-refractivity contribution in [3.63, 3.8) is 0 Å². The van der Waals surface area contributed by atoms with E-state index >= 15 is 0 Å². The predicted octanol–water partition coefficient (Wildman–Crippen LogP) is 4.86. The number of aryl methyl sites for hydroxylation is 1. The van der Waals surface area contributed by atoms with Crippen LogP contribution in [0.5, 0.6) is 5.75 Å². The van der Waals surface area contributed by atoms with Gasteiger partial charge in [-0.2, -0.15) is 0 Å². The molecule has 1 saturated carbocycles. The Balaban J connectivity index is 1.29. The minimum Gasteiger partial charge on any atom is -0.490 e. The molecule has 2 fully saturated rings. The van der Waals surface area contributed by atoms with Crippen molar-refractivity contribution in [1.29, 1.82) is 0 Å². The molecule has 270 valence electrons. The van der Waals surface area contributed by atoms with Crippen LogP contribution >= 0.6 is 11.6 Å². The lowest BCUT2D eigenvalue weighted by Crippen LogP contribution is -2.54. The van der Waals surface area contributed by atoms with Gasteiger partial charge in [0.1, 0.15) is 5.75 Å². The minimum absolute atomic E-state index is 0.0507. The molecule has 3 heterocycles. The molecule has 10 nitrogen and oxygen atoms in total. The van der Waals surface area contributed by atoms with Crippen molar-refractivity contribution in [2.75, 3.05) is 50.9 Å². The summed E-state index contributed by atoms with van der Waals surface area (Å²) in [5.41, 5.74) is 1.61. The average molecular weight is 726 g/mol. The van der Waals surface area contributed by atoms with E-state index in [0.717, 1.165) is 37.8 Å². The first kappa shape index (κ1) is 35.3. The van der Waals surface area contributed by atoms with Gasteiger partial charge in [0.15, 0.2) is 0 Å². The van der Waals surface area contributed by atoms with Gasteiger partial charge >= 0.3 is 0 Å². The summed E-state index contributed by atoms with van der Waals surface area (Å²) in [6.45, 7) is 6.96. The van der Waals surface area contributed by atoms with Gasteiger partial charge in [0.25, 0.3) is 5.91 Å². The van der Waals surface area contributed by atoms with Crippen LogP contribution in [0.25, 0.3) is 0 Å². The first-order valence-corrected chi connectivity index (χ1v) is 19.9. The highest BCUT2D eigenvalue weighted by Crippen LogP contribution is 2.49. The minimum atomic E-state index is -4.03. The maximum atomic E-state index is 13.6. The monoisotopic (exact) mass is 725 g/mol. The standard InChI is InChI=1S/C38H48ClN3O7S/c1-25-5-3-14-38(45,21-35(43)41-15-17-48-18-16-41)32-10-7-29(32)22-42-23-37(13-4-6-27-19-30(39)9-11-31(27)37)24-49-34-12-8-28(20-33(34)42)36(44)40-50(46,47)26(25)2/h3,8-9,11-12,14,19-20,25-26,29,32,45H,4-7,10,13,15-18,21-24H2,1-2H3,(H,40,44)/b14-3-/t25-,26+,29-,32+,37-,38+/m0/s1. The molecular formula is C38H48ClN3O7S. The zero-order valence-corrected chi connectivity index (χ0v) is 30.5. The Bertz CT molecular complexity index is 1780. The van der Waals surface area contributed by atoms with Crippen LogP contribution in [-0.2, 0) is 31.4 Å². The molecule has 2 aliphatic carbocycles. The number of amides is 2. The maximum absolute atomic E-state index is 13.6. The molecular weight excluding hydrogens is 678 g/mol. The molecule has 50 heavy (non-hydrogen) atoms. The number of carbonyl (C=O) groups excluding carboxylic acids is 2. The Morgan fingerprint density at radius 2 is 1.92 bits per heavy atom. The summed E-state index contributed by atoms with van der Waals surface area (Å²) in [7, 11) is -4.03. The number of benzene rings is 2. The Morgan fingerprint density at radius 1 is 1.12 bits per heavy atom. The highest BCUT2D eigenvalue weighted by Gasteiger charge is 2.49. The van der Waals surface area contributed by atoms with Gasteiger partial charge in [-0.3, -0.25) is 9.59 Å². The smallest absolute Gasteiger partial charge is 0.264 e. The SMILES string of the molecule is C[C@@H]1[C@@H](C)C/C=C\[C@@](O)(CC(=O)N2CCOCC2)[C@@H]2CC[C@H]2CN2C[C@@]3(CCCc4cc(Cl)ccc43)COc3ccc(cc32)C(=O)NS1(=O)=O. The number of nitrogens with one attached hydrogen (secondary N) is 1. The zero-order chi connectivity index (χ0) is 35.3. The third-order valence-electron chi connectivity index (χ3n) is 12.1. The lowest BCUT2D eigenvalue weighted by atomic mass is 9.63. The van der Waals surface area contributed by atoms with Crippen molar-refractivity contribution >= 4 is 39.1 Å². The third-order valence-corrected chi connectivity index (χ3v) is 14.2. The number of carbonyl (C=O) groups is 2. The van der Waals surface area contributed by atoms with Crippen LogP contribution in [0.15, 0.2) is 48.6 Å². The first-order valence-electron chi connectivity index (χ1n) is 18.0. The molecule has 2 amide bonds. The van der Waals surface area contributed by atoms with Gasteiger partial charge in [0, 0.05) is 42.2 Å². The molecule has 2 aromatic carbocycles. The lowest BCUT2D eigenvalue weighted by Gasteiger charge is -2.49. The van der Waals surface area contributed by atoms with Crippen molar-refractivity contribution in [1.82, 2.24) is 9.62 Å². The van der Waals surface area contributed by atoms with Crippen LogP contribution in [0.3, 0.4) is 0 Å². The molecule has 2 N–H and O–H groups in total. The van der Waals surface area contributed by atoms with Gasteiger partial charge < -0.3 is 24.4 Å². The van der Waals surface area contributed by atoms with Crippen LogP contribution in [-0.4, -0.2) is 87.1 Å². The molecule has 1 saturated heterocycles. The maximum Gasteiger partial charge on any atom is 0.264 e. The quantitative estimate of drug-likeness (QED) is 0.421. The van der Waals surface area contributed by atoms with Gasteiger partial charge in [-0.15, -0.1) is 0 Å². The fourth-order valence-corrected chi connectivity index (χ4v) is 10.2. The number of hydrogen-bond donors (Lipinski definition) is 2. The molecule has 2 aromatic rings. The average Bonchev–Trinajstić information content (AvgIpc) is 3.22. The Labute approximate surface area is 300 Å². The molecule has 0 radical (unpaired) electrons. The first-order chi connectivity index (χ1) is 23.9. The number of rotatable bonds is 2. The Kier molecular flexibility index (Phi) is 9.73. The normalized spacial score (nSPS) is 33.2. The van der Waals surface area contributed by atoms with Crippen molar-refractivity contribution < 1.29 is 32.6 Å². The summed E-state index contributed by atoms with van der Waals surface area (Å²) < 4.78 is 41.3. The number of aliphatic hydroxyl groups is 1. The molecule has 0 aromatic heterocycles. The second-order valence-corrected chi connectivity index (χ2v) is 17.7. The van der Waals surface area contributed by atoms with Crippen molar-refractivity contribution in [2.24, 2.45) is 17.8 Å².